The summed E-state index contributed by atoms with van der Waals surface area (Å²) in [5, 5.41) is 7.12. The summed E-state index contributed by atoms with van der Waals surface area (Å²) in [6.07, 6.45) is -2.28. The number of carbonyl (C=O) groups is 1. The number of sulfonamides is 1. The third-order valence-corrected chi connectivity index (χ3v) is 7.91. The van der Waals surface area contributed by atoms with E-state index in [2.05, 4.69) is 46.0 Å². The number of fused-ring (bicyclic) bond motifs is 1. The number of benzene rings is 2. The van der Waals surface area contributed by atoms with Gasteiger partial charge in [0.05, 0.1) is 11.8 Å². The number of nitrogens with zero attached hydrogens (tertiary/aromatic N) is 1. The van der Waals surface area contributed by atoms with Gasteiger partial charge in [-0.05, 0) is 56.1 Å². The minimum absolute atomic E-state index is 0.141. The summed E-state index contributed by atoms with van der Waals surface area (Å²) in [5.41, 5.74) is 2.50. The zero-order chi connectivity index (χ0) is 27.8. The van der Waals surface area contributed by atoms with Crippen molar-refractivity contribution in [3.8, 4) is 11.5 Å². The minimum Gasteiger partial charge on any atom is -0.492 e. The van der Waals surface area contributed by atoms with Crippen LogP contribution in [0.15, 0.2) is 48.5 Å². The van der Waals surface area contributed by atoms with Crippen molar-refractivity contribution < 1.29 is 41.0 Å². The van der Waals surface area contributed by atoms with Crippen LogP contribution in [0.3, 0.4) is 0 Å². The van der Waals surface area contributed by atoms with Gasteiger partial charge in [0.2, 0.25) is 10.0 Å². The Kier molecular flexibility index (Phi) is 10.4. The monoisotopic (exact) mass is 558 g/mol. The molecule has 0 aromatic heterocycles. The van der Waals surface area contributed by atoms with Crippen LogP contribution in [0.4, 0.5) is 13.2 Å². The van der Waals surface area contributed by atoms with Crippen LogP contribution in [-0.4, -0.2) is 75.2 Å². The Morgan fingerprint density at radius 3 is 2.45 bits per heavy atom. The molecule has 2 heterocycles. The molecule has 1 fully saturated rings. The summed E-state index contributed by atoms with van der Waals surface area (Å²) in [5.74, 6) is -0.610. The summed E-state index contributed by atoms with van der Waals surface area (Å²) in [7, 11) is -3.21. The fourth-order valence-corrected chi connectivity index (χ4v) is 5.47. The second kappa shape index (κ2) is 13.3. The van der Waals surface area contributed by atoms with Gasteiger partial charge in [0, 0.05) is 18.0 Å². The highest BCUT2D eigenvalue weighted by Gasteiger charge is 2.38. The Morgan fingerprint density at radius 2 is 1.87 bits per heavy atom. The molecule has 0 saturated carbocycles. The highest BCUT2D eigenvalue weighted by Crippen LogP contribution is 2.41. The summed E-state index contributed by atoms with van der Waals surface area (Å²) in [6, 6.07) is 16.9. The predicted octanol–water partition coefficient (Wildman–Crippen LogP) is 3.82. The molecular weight excluding hydrogens is 525 g/mol. The maximum atomic E-state index is 11.8. The summed E-state index contributed by atoms with van der Waals surface area (Å²) >= 11 is 0. The van der Waals surface area contributed by atoms with E-state index in [1.54, 1.807) is 0 Å². The molecule has 8 nitrogen and oxygen atoms in total. The first-order chi connectivity index (χ1) is 18.0. The van der Waals surface area contributed by atoms with Gasteiger partial charge in [0.15, 0.2) is 0 Å². The van der Waals surface area contributed by atoms with Crippen molar-refractivity contribution in [2.24, 2.45) is 0 Å². The molecule has 12 heteroatoms. The first-order valence-corrected chi connectivity index (χ1v) is 14.1. The van der Waals surface area contributed by atoms with Gasteiger partial charge >= 0.3 is 12.1 Å². The number of hydrogen-bond acceptors (Lipinski definition) is 6. The molecule has 210 valence electrons. The quantitative estimate of drug-likeness (QED) is 0.427. The lowest BCUT2D eigenvalue weighted by Crippen LogP contribution is -2.52. The Morgan fingerprint density at radius 1 is 1.18 bits per heavy atom. The fraction of sp³-hybridized carbons (Fsp3) is 0.500. The first-order valence-electron chi connectivity index (χ1n) is 12.4. The topological polar surface area (TPSA) is 105 Å². The molecule has 38 heavy (non-hydrogen) atoms. The van der Waals surface area contributed by atoms with Crippen molar-refractivity contribution in [2.45, 2.75) is 44.3 Å². The molecule has 0 amide bonds. The van der Waals surface area contributed by atoms with Crippen LogP contribution in [0.25, 0.3) is 0 Å². The maximum absolute atomic E-state index is 11.8. The molecule has 0 radical (unpaired) electrons. The normalized spacial score (nSPS) is 19.3. The smallest absolute Gasteiger partial charge is 0.490 e. The Hall–Kier alpha value is -2.83. The van der Waals surface area contributed by atoms with Crippen molar-refractivity contribution in [2.75, 3.05) is 38.6 Å². The average molecular weight is 559 g/mol. The first kappa shape index (κ1) is 29.7. The molecule has 4 rings (SSSR count). The van der Waals surface area contributed by atoms with E-state index in [9.17, 15) is 21.6 Å². The van der Waals surface area contributed by atoms with Crippen molar-refractivity contribution in [1.29, 1.82) is 0 Å². The van der Waals surface area contributed by atoms with Gasteiger partial charge in [-0.25, -0.2) is 17.9 Å². The summed E-state index contributed by atoms with van der Waals surface area (Å²) in [6.45, 7) is 5.38. The molecule has 2 aliphatic rings. The second-order valence-corrected chi connectivity index (χ2v) is 11.1. The van der Waals surface area contributed by atoms with E-state index in [0.717, 1.165) is 31.0 Å². The molecule has 1 saturated heterocycles. The van der Waals surface area contributed by atoms with Crippen LogP contribution in [0, 0.1) is 0 Å². The average Bonchev–Trinajstić information content (AvgIpc) is 2.82. The van der Waals surface area contributed by atoms with Crippen molar-refractivity contribution in [3.63, 3.8) is 0 Å². The summed E-state index contributed by atoms with van der Waals surface area (Å²) < 4.78 is 69.9. The summed E-state index contributed by atoms with van der Waals surface area (Å²) in [4.78, 5) is 11.4. The number of likely N-dealkylation sites (tertiary alicyclic amines) is 1. The van der Waals surface area contributed by atoms with Crippen LogP contribution in [0.1, 0.15) is 36.8 Å². The molecule has 0 bridgehead atoms. The highest BCUT2D eigenvalue weighted by atomic mass is 32.2. The van der Waals surface area contributed by atoms with Crippen LogP contribution in [0.5, 0.6) is 11.5 Å². The molecule has 0 aliphatic carbocycles. The van der Waals surface area contributed by atoms with E-state index >= 15 is 0 Å². The molecule has 2 aliphatic heterocycles. The highest BCUT2D eigenvalue weighted by molar-refractivity contribution is 7.89. The lowest BCUT2D eigenvalue weighted by Gasteiger charge is -2.45. The number of ether oxygens (including phenoxy) is 2. The zero-order valence-corrected chi connectivity index (χ0v) is 21.9. The minimum atomic E-state index is -5.08. The molecule has 2 aromatic rings. The number of halogens is 3. The number of carboxylic acids is 1. The predicted molar refractivity (Wildman–Crippen MR) is 136 cm³/mol. The molecule has 0 spiro atoms. The van der Waals surface area contributed by atoms with Crippen LogP contribution in [-0.2, 0) is 21.2 Å². The van der Waals surface area contributed by atoms with Crippen molar-refractivity contribution >= 4 is 16.0 Å². The zero-order valence-electron chi connectivity index (χ0n) is 21.1. The standard InChI is InChI=1S/C24H32N2O4S.C2HF3O2/c1-2-15-31(27,28)25-11-14-29-20-9-10-24-22(17-20)21(16-19-7-4-3-5-8-19)23(18-30-24)26-12-6-13-26;3-2(4,5)1(6)7/h3-5,7-10,17,21,23,25H,2,6,11-16,18H2,1H3;(H,6,7). The Labute approximate surface area is 220 Å². The molecule has 2 N–H and O–H groups in total. The van der Waals surface area contributed by atoms with Crippen LogP contribution >= 0.6 is 0 Å². The van der Waals surface area contributed by atoms with E-state index in [0.29, 0.717) is 31.6 Å². The van der Waals surface area contributed by atoms with Gasteiger partial charge in [-0.15, -0.1) is 0 Å². The van der Waals surface area contributed by atoms with Gasteiger partial charge in [-0.1, -0.05) is 37.3 Å². The van der Waals surface area contributed by atoms with E-state index in [-0.39, 0.29) is 12.3 Å². The number of carboxylic acid groups (broad SMARTS) is 1. The number of hydrogen-bond donors (Lipinski definition) is 2. The number of aliphatic carboxylic acids is 1. The van der Waals surface area contributed by atoms with E-state index in [4.69, 9.17) is 19.4 Å². The number of alkyl halides is 3. The van der Waals surface area contributed by atoms with E-state index < -0.39 is 22.2 Å². The van der Waals surface area contributed by atoms with Gasteiger partial charge in [-0.2, -0.15) is 13.2 Å². The SMILES string of the molecule is CCCS(=O)(=O)NCCOc1ccc2c(c1)C(Cc1ccccc1)C(N1CCC1)CO2.O=C(O)C(F)(F)F. The maximum Gasteiger partial charge on any atom is 0.490 e. The Balaban J connectivity index is 0.000000505. The van der Waals surface area contributed by atoms with Crippen LogP contribution in [0.2, 0.25) is 0 Å². The van der Waals surface area contributed by atoms with Gasteiger partial charge in [0.1, 0.15) is 24.7 Å². The molecule has 2 aromatic carbocycles. The lowest BCUT2D eigenvalue weighted by molar-refractivity contribution is -0.192. The fourth-order valence-electron chi connectivity index (χ4n) is 4.39. The largest absolute Gasteiger partial charge is 0.492 e. The van der Waals surface area contributed by atoms with E-state index in [1.165, 1.54) is 17.5 Å². The third-order valence-electron chi connectivity index (χ3n) is 6.32. The second-order valence-electron chi connectivity index (χ2n) is 9.13. The van der Waals surface area contributed by atoms with Gasteiger partial charge in [0.25, 0.3) is 0 Å². The van der Waals surface area contributed by atoms with Gasteiger partial charge in [-0.3, -0.25) is 4.90 Å². The van der Waals surface area contributed by atoms with Crippen LogP contribution < -0.4 is 14.2 Å². The van der Waals surface area contributed by atoms with E-state index in [1.807, 2.05) is 19.1 Å². The third kappa shape index (κ3) is 8.60. The van der Waals surface area contributed by atoms with Crippen molar-refractivity contribution in [1.82, 2.24) is 9.62 Å². The number of rotatable bonds is 10. The lowest BCUT2D eigenvalue weighted by atomic mass is 9.82. The number of nitrogens with one attached hydrogen (secondary N) is 1. The molecule has 2 atom stereocenters. The molecular formula is C26H33F3N2O6S. The Bertz CT molecular complexity index is 1160. The molecule has 2 unspecified atom stereocenters. The van der Waals surface area contributed by atoms with Gasteiger partial charge < -0.3 is 14.6 Å². The van der Waals surface area contributed by atoms with Crippen molar-refractivity contribution in [3.05, 3.63) is 59.7 Å².